The van der Waals surface area contributed by atoms with E-state index in [0.29, 0.717) is 12.5 Å². The number of aliphatic imine (C=N–C) groups is 1. The van der Waals surface area contributed by atoms with Crippen LogP contribution in [-0.2, 0) is 4.74 Å². The van der Waals surface area contributed by atoms with Crippen molar-refractivity contribution in [2.45, 2.75) is 39.3 Å². The summed E-state index contributed by atoms with van der Waals surface area (Å²) in [7, 11) is 0. The van der Waals surface area contributed by atoms with E-state index in [1.807, 2.05) is 0 Å². The normalized spacial score (nSPS) is 18.7. The molecule has 1 aromatic rings. The number of hydrogen-bond acceptors (Lipinski definition) is 3. The van der Waals surface area contributed by atoms with Gasteiger partial charge < -0.3 is 15.8 Å². The van der Waals surface area contributed by atoms with Crippen molar-refractivity contribution < 1.29 is 4.74 Å². The number of hydrogen-bond donors (Lipinski definition) is 2. The number of morpholine rings is 1. The minimum Gasteiger partial charge on any atom is -0.379 e. The van der Waals surface area contributed by atoms with Gasteiger partial charge in [-0.25, -0.2) is 0 Å². The van der Waals surface area contributed by atoms with Crippen LogP contribution in [-0.4, -0.2) is 49.2 Å². The van der Waals surface area contributed by atoms with Crippen LogP contribution in [0.3, 0.4) is 0 Å². The van der Waals surface area contributed by atoms with E-state index < -0.39 is 0 Å². The number of benzene rings is 1. The van der Waals surface area contributed by atoms with Gasteiger partial charge in [0, 0.05) is 18.6 Å². The van der Waals surface area contributed by atoms with Crippen molar-refractivity contribution in [2.24, 2.45) is 10.7 Å². The monoisotopic (exact) mass is 318 g/mol. The molecule has 2 rings (SSSR count). The molecule has 23 heavy (non-hydrogen) atoms. The van der Waals surface area contributed by atoms with Gasteiger partial charge in [-0.2, -0.15) is 0 Å². The van der Waals surface area contributed by atoms with Crippen LogP contribution in [0.2, 0.25) is 0 Å². The second-order valence-electron chi connectivity index (χ2n) is 7.18. The molecule has 1 atom stereocenters. The molecule has 0 saturated carbocycles. The van der Waals surface area contributed by atoms with E-state index in [0.717, 1.165) is 26.3 Å². The molecule has 128 valence electrons. The largest absolute Gasteiger partial charge is 0.379 e. The number of ether oxygens (including phenoxy) is 1. The Morgan fingerprint density at radius 3 is 2.65 bits per heavy atom. The maximum absolute atomic E-state index is 6.04. The van der Waals surface area contributed by atoms with Gasteiger partial charge in [-0.05, 0) is 33.3 Å². The lowest BCUT2D eigenvalue weighted by atomic mass is 10.0. The van der Waals surface area contributed by atoms with Gasteiger partial charge in [0.2, 0.25) is 0 Å². The molecule has 1 aliphatic heterocycles. The Morgan fingerprint density at radius 1 is 1.35 bits per heavy atom. The maximum atomic E-state index is 6.04. The minimum atomic E-state index is -0.0780. The first-order valence-electron chi connectivity index (χ1n) is 8.31. The third-order valence-electron chi connectivity index (χ3n) is 3.85. The van der Waals surface area contributed by atoms with E-state index in [1.165, 1.54) is 11.1 Å². The number of guanidine groups is 1. The highest BCUT2D eigenvalue weighted by Crippen LogP contribution is 2.23. The fraction of sp³-hybridized carbons (Fsp3) is 0.611. The molecule has 1 unspecified atom stereocenters. The molecule has 0 bridgehead atoms. The van der Waals surface area contributed by atoms with Crippen molar-refractivity contribution in [1.82, 2.24) is 10.2 Å². The standard InChI is InChI=1S/C18H30N4O/c1-14-6-5-7-15(12-14)16(22-8-10-23-11-9-22)13-20-17(19)21-18(2,3)4/h5-7,12,16H,8-11,13H2,1-4H3,(H3,19,20,21). The first kappa shape index (κ1) is 17.8. The van der Waals surface area contributed by atoms with Gasteiger partial charge in [-0.15, -0.1) is 0 Å². The maximum Gasteiger partial charge on any atom is 0.189 e. The summed E-state index contributed by atoms with van der Waals surface area (Å²) >= 11 is 0. The molecule has 1 aromatic carbocycles. The summed E-state index contributed by atoms with van der Waals surface area (Å²) in [5, 5.41) is 3.22. The van der Waals surface area contributed by atoms with Crippen LogP contribution >= 0.6 is 0 Å². The summed E-state index contributed by atoms with van der Waals surface area (Å²) in [6, 6.07) is 8.88. The van der Waals surface area contributed by atoms with Crippen LogP contribution in [0.15, 0.2) is 29.3 Å². The fourth-order valence-corrected chi connectivity index (χ4v) is 2.81. The molecular formula is C18H30N4O. The zero-order valence-electron chi connectivity index (χ0n) is 14.8. The fourth-order valence-electron chi connectivity index (χ4n) is 2.81. The Balaban J connectivity index is 2.15. The third kappa shape index (κ3) is 5.84. The Kier molecular flexibility index (Phi) is 6.02. The van der Waals surface area contributed by atoms with E-state index in [9.17, 15) is 0 Å². The lowest BCUT2D eigenvalue weighted by Crippen LogP contribution is -2.45. The van der Waals surface area contributed by atoms with E-state index in [-0.39, 0.29) is 11.6 Å². The van der Waals surface area contributed by atoms with E-state index in [2.05, 4.69) is 67.2 Å². The van der Waals surface area contributed by atoms with Crippen molar-refractivity contribution >= 4 is 5.96 Å². The molecular weight excluding hydrogens is 288 g/mol. The topological polar surface area (TPSA) is 62.9 Å². The first-order chi connectivity index (χ1) is 10.8. The quantitative estimate of drug-likeness (QED) is 0.659. The van der Waals surface area contributed by atoms with Crippen LogP contribution in [0.4, 0.5) is 0 Å². The average molecular weight is 318 g/mol. The summed E-state index contributed by atoms with van der Waals surface area (Å²) in [5.41, 5.74) is 8.52. The minimum absolute atomic E-state index is 0.0780. The van der Waals surface area contributed by atoms with Crippen LogP contribution in [0.5, 0.6) is 0 Å². The van der Waals surface area contributed by atoms with E-state index in [1.54, 1.807) is 0 Å². The number of nitrogens with zero attached hydrogens (tertiary/aromatic N) is 2. The molecule has 3 N–H and O–H groups in total. The molecule has 5 heteroatoms. The van der Waals surface area contributed by atoms with Gasteiger partial charge in [0.05, 0.1) is 25.8 Å². The van der Waals surface area contributed by atoms with Crippen LogP contribution in [0, 0.1) is 6.92 Å². The highest BCUT2D eigenvalue weighted by molar-refractivity contribution is 5.78. The summed E-state index contributed by atoms with van der Waals surface area (Å²) in [4.78, 5) is 7.03. The molecule has 1 aliphatic rings. The lowest BCUT2D eigenvalue weighted by Gasteiger charge is -2.34. The predicted molar refractivity (Wildman–Crippen MR) is 95.7 cm³/mol. The zero-order chi connectivity index (χ0) is 16.9. The number of nitrogens with one attached hydrogen (secondary N) is 1. The molecule has 1 fully saturated rings. The number of nitrogens with two attached hydrogens (primary N) is 1. The second-order valence-corrected chi connectivity index (χ2v) is 7.18. The smallest absolute Gasteiger partial charge is 0.189 e. The Labute approximate surface area is 139 Å². The highest BCUT2D eigenvalue weighted by Gasteiger charge is 2.22. The third-order valence-corrected chi connectivity index (χ3v) is 3.85. The second kappa shape index (κ2) is 7.79. The Hall–Kier alpha value is -1.59. The van der Waals surface area contributed by atoms with Gasteiger partial charge in [0.15, 0.2) is 5.96 Å². The summed E-state index contributed by atoms with van der Waals surface area (Å²) in [6.07, 6.45) is 0. The highest BCUT2D eigenvalue weighted by atomic mass is 16.5. The molecule has 0 aliphatic carbocycles. The Morgan fingerprint density at radius 2 is 2.04 bits per heavy atom. The van der Waals surface area contributed by atoms with Crippen molar-refractivity contribution in [3.63, 3.8) is 0 Å². The van der Waals surface area contributed by atoms with Gasteiger partial charge in [-0.1, -0.05) is 29.8 Å². The van der Waals surface area contributed by atoms with Gasteiger partial charge >= 0.3 is 0 Å². The number of aryl methyl sites for hydroxylation is 1. The summed E-state index contributed by atoms with van der Waals surface area (Å²) in [5.74, 6) is 0.503. The molecule has 0 radical (unpaired) electrons. The summed E-state index contributed by atoms with van der Waals surface area (Å²) < 4.78 is 5.49. The average Bonchev–Trinajstić information content (AvgIpc) is 2.47. The zero-order valence-corrected chi connectivity index (χ0v) is 14.8. The molecule has 0 amide bonds. The molecule has 1 saturated heterocycles. The van der Waals surface area contributed by atoms with Crippen molar-refractivity contribution in [2.75, 3.05) is 32.8 Å². The summed E-state index contributed by atoms with van der Waals surface area (Å²) in [6.45, 7) is 12.4. The van der Waals surface area contributed by atoms with Gasteiger partial charge in [0.25, 0.3) is 0 Å². The lowest BCUT2D eigenvalue weighted by molar-refractivity contribution is 0.0179. The van der Waals surface area contributed by atoms with E-state index in [4.69, 9.17) is 10.5 Å². The molecule has 0 aromatic heterocycles. The van der Waals surface area contributed by atoms with Crippen LogP contribution in [0.1, 0.15) is 37.9 Å². The Bertz CT molecular complexity index is 530. The van der Waals surface area contributed by atoms with Crippen molar-refractivity contribution in [3.05, 3.63) is 35.4 Å². The van der Waals surface area contributed by atoms with Crippen molar-refractivity contribution in [3.8, 4) is 0 Å². The van der Waals surface area contributed by atoms with Crippen molar-refractivity contribution in [1.29, 1.82) is 0 Å². The number of rotatable bonds is 4. The molecule has 5 nitrogen and oxygen atoms in total. The van der Waals surface area contributed by atoms with Gasteiger partial charge in [0.1, 0.15) is 0 Å². The molecule has 1 heterocycles. The molecule has 0 spiro atoms. The first-order valence-corrected chi connectivity index (χ1v) is 8.31. The van der Waals surface area contributed by atoms with Crippen LogP contribution in [0.25, 0.3) is 0 Å². The predicted octanol–water partition coefficient (Wildman–Crippen LogP) is 2.07. The van der Waals surface area contributed by atoms with Crippen LogP contribution < -0.4 is 11.1 Å². The SMILES string of the molecule is Cc1cccc(C(CN=C(N)NC(C)(C)C)N2CCOCC2)c1. The van der Waals surface area contributed by atoms with Gasteiger partial charge in [-0.3, -0.25) is 9.89 Å². The van der Waals surface area contributed by atoms with E-state index >= 15 is 0 Å².